The second-order valence-electron chi connectivity index (χ2n) is 3.53. The molecule has 0 fully saturated rings. The third-order valence-electron chi connectivity index (χ3n) is 2.20. The summed E-state index contributed by atoms with van der Waals surface area (Å²) in [4.78, 5) is 0. The van der Waals surface area contributed by atoms with E-state index in [9.17, 15) is 0 Å². The Labute approximate surface area is 92.0 Å². The molecule has 1 unspecified atom stereocenters. The van der Waals surface area contributed by atoms with Crippen LogP contribution in [-0.2, 0) is 0 Å². The molecular weight excluding hydrogens is 186 g/mol. The van der Waals surface area contributed by atoms with Crippen LogP contribution in [0.1, 0.15) is 20.3 Å². The van der Waals surface area contributed by atoms with Crippen molar-refractivity contribution in [2.24, 2.45) is 0 Å². The molecule has 1 rings (SSSR count). The van der Waals surface area contributed by atoms with Crippen LogP contribution >= 0.6 is 0 Å². The Morgan fingerprint density at radius 2 is 2.33 bits per heavy atom. The molecule has 1 atom stereocenters. The van der Waals surface area contributed by atoms with Crippen molar-refractivity contribution in [3.05, 3.63) is 36.9 Å². The molecule has 0 amide bonds. The van der Waals surface area contributed by atoms with Crippen LogP contribution in [0.2, 0.25) is 0 Å². The van der Waals surface area contributed by atoms with Gasteiger partial charge in [0.05, 0.1) is 6.10 Å². The van der Waals surface area contributed by atoms with Crippen molar-refractivity contribution >= 4 is 5.69 Å². The van der Waals surface area contributed by atoms with Gasteiger partial charge in [-0.2, -0.15) is 0 Å². The number of benzene rings is 1. The average molecular weight is 205 g/mol. The summed E-state index contributed by atoms with van der Waals surface area (Å²) in [7, 11) is 0. The number of hydrogen-bond acceptors (Lipinski definition) is 2. The molecule has 0 aliphatic heterocycles. The van der Waals surface area contributed by atoms with Gasteiger partial charge < -0.3 is 10.1 Å². The van der Waals surface area contributed by atoms with Crippen LogP contribution < -0.4 is 10.1 Å². The molecule has 0 saturated carbocycles. The molecule has 82 valence electrons. The Balaban J connectivity index is 2.61. The predicted molar refractivity (Wildman–Crippen MR) is 65.5 cm³/mol. The molecule has 0 aliphatic carbocycles. The lowest BCUT2D eigenvalue weighted by molar-refractivity contribution is 0.217. The first-order valence-electron chi connectivity index (χ1n) is 5.37. The maximum Gasteiger partial charge on any atom is 0.121 e. The lowest BCUT2D eigenvalue weighted by Crippen LogP contribution is -2.09. The zero-order valence-electron chi connectivity index (χ0n) is 9.49. The van der Waals surface area contributed by atoms with Crippen molar-refractivity contribution in [3.8, 4) is 5.75 Å². The standard InChI is InChI=1S/C13H19NO/c1-4-9-14-12-7-6-8-13(10-12)15-11(3)5-2/h4,6-8,10-11,14H,1,5,9H2,2-3H3. The van der Waals surface area contributed by atoms with E-state index in [1.54, 1.807) is 0 Å². The number of ether oxygens (including phenoxy) is 1. The fraction of sp³-hybridized carbons (Fsp3) is 0.385. The van der Waals surface area contributed by atoms with E-state index in [4.69, 9.17) is 4.74 Å². The van der Waals surface area contributed by atoms with Gasteiger partial charge in [0.2, 0.25) is 0 Å². The highest BCUT2D eigenvalue weighted by Crippen LogP contribution is 2.18. The van der Waals surface area contributed by atoms with Crippen molar-refractivity contribution in [1.82, 2.24) is 0 Å². The van der Waals surface area contributed by atoms with E-state index in [0.29, 0.717) is 0 Å². The molecule has 0 radical (unpaired) electrons. The number of nitrogens with one attached hydrogen (secondary N) is 1. The first kappa shape index (κ1) is 11.6. The van der Waals surface area contributed by atoms with Crippen LogP contribution in [0, 0.1) is 0 Å². The Kier molecular flexibility index (Phi) is 4.75. The fourth-order valence-electron chi connectivity index (χ4n) is 1.19. The number of rotatable bonds is 6. The van der Waals surface area contributed by atoms with Crippen LogP contribution in [0.3, 0.4) is 0 Å². The summed E-state index contributed by atoms with van der Waals surface area (Å²) < 4.78 is 5.72. The molecular formula is C13H19NO. The molecule has 2 nitrogen and oxygen atoms in total. The van der Waals surface area contributed by atoms with Gasteiger partial charge in [-0.3, -0.25) is 0 Å². The van der Waals surface area contributed by atoms with Crippen LogP contribution in [0.5, 0.6) is 5.75 Å². The van der Waals surface area contributed by atoms with Crippen LogP contribution in [0.25, 0.3) is 0 Å². The topological polar surface area (TPSA) is 21.3 Å². The largest absolute Gasteiger partial charge is 0.491 e. The van der Waals surface area contributed by atoms with Gasteiger partial charge in [-0.25, -0.2) is 0 Å². The second kappa shape index (κ2) is 6.12. The lowest BCUT2D eigenvalue weighted by Gasteiger charge is -2.13. The molecule has 15 heavy (non-hydrogen) atoms. The molecule has 0 bridgehead atoms. The van der Waals surface area contributed by atoms with E-state index >= 15 is 0 Å². The molecule has 0 spiro atoms. The van der Waals surface area contributed by atoms with Gasteiger partial charge in [-0.1, -0.05) is 19.1 Å². The number of hydrogen-bond donors (Lipinski definition) is 1. The minimum absolute atomic E-state index is 0.264. The van der Waals surface area contributed by atoms with Crippen molar-refractivity contribution in [2.45, 2.75) is 26.4 Å². The predicted octanol–water partition coefficient (Wildman–Crippen LogP) is 3.46. The maximum atomic E-state index is 5.72. The molecule has 1 aromatic rings. The normalized spacial score (nSPS) is 11.9. The highest BCUT2D eigenvalue weighted by molar-refractivity contribution is 5.48. The number of anilines is 1. The summed E-state index contributed by atoms with van der Waals surface area (Å²) in [6.07, 6.45) is 3.12. The van der Waals surface area contributed by atoms with E-state index in [1.165, 1.54) is 0 Å². The quantitative estimate of drug-likeness (QED) is 0.718. The Morgan fingerprint density at radius 3 is 3.00 bits per heavy atom. The van der Waals surface area contributed by atoms with Gasteiger partial charge in [0.15, 0.2) is 0 Å². The van der Waals surface area contributed by atoms with Crippen molar-refractivity contribution in [3.63, 3.8) is 0 Å². The summed E-state index contributed by atoms with van der Waals surface area (Å²) in [6.45, 7) is 8.63. The van der Waals surface area contributed by atoms with Gasteiger partial charge in [0, 0.05) is 18.3 Å². The average Bonchev–Trinajstić information content (AvgIpc) is 2.26. The first-order valence-corrected chi connectivity index (χ1v) is 5.37. The van der Waals surface area contributed by atoms with Gasteiger partial charge in [0.1, 0.15) is 5.75 Å². The molecule has 1 N–H and O–H groups in total. The summed E-state index contributed by atoms with van der Waals surface area (Å²) >= 11 is 0. The molecule has 0 saturated heterocycles. The molecule has 2 heteroatoms. The van der Waals surface area contributed by atoms with E-state index < -0.39 is 0 Å². The van der Waals surface area contributed by atoms with Gasteiger partial charge in [-0.05, 0) is 25.5 Å². The van der Waals surface area contributed by atoms with Crippen LogP contribution in [-0.4, -0.2) is 12.6 Å². The van der Waals surface area contributed by atoms with Crippen LogP contribution in [0.4, 0.5) is 5.69 Å². The van der Waals surface area contributed by atoms with Crippen molar-refractivity contribution in [2.75, 3.05) is 11.9 Å². The summed E-state index contributed by atoms with van der Waals surface area (Å²) in [5.74, 6) is 0.915. The molecule has 0 aliphatic rings. The molecule has 0 heterocycles. The molecule has 0 aromatic heterocycles. The van der Waals surface area contributed by atoms with Crippen molar-refractivity contribution in [1.29, 1.82) is 0 Å². The maximum absolute atomic E-state index is 5.72. The minimum atomic E-state index is 0.264. The van der Waals surface area contributed by atoms with E-state index in [2.05, 4.69) is 25.7 Å². The van der Waals surface area contributed by atoms with E-state index in [-0.39, 0.29) is 6.10 Å². The monoisotopic (exact) mass is 205 g/mol. The summed E-state index contributed by atoms with van der Waals surface area (Å²) in [6, 6.07) is 8.00. The Bertz CT molecular complexity index is 309. The van der Waals surface area contributed by atoms with Gasteiger partial charge in [0.25, 0.3) is 0 Å². The SMILES string of the molecule is C=CCNc1cccc(OC(C)CC)c1. The zero-order chi connectivity index (χ0) is 11.1. The summed E-state index contributed by atoms with van der Waals surface area (Å²) in [5, 5.41) is 3.23. The third kappa shape index (κ3) is 4.07. The Morgan fingerprint density at radius 1 is 1.53 bits per heavy atom. The lowest BCUT2D eigenvalue weighted by atomic mass is 10.2. The van der Waals surface area contributed by atoms with Crippen LogP contribution in [0.15, 0.2) is 36.9 Å². The summed E-state index contributed by atoms with van der Waals surface area (Å²) in [5.41, 5.74) is 1.07. The van der Waals surface area contributed by atoms with Crippen molar-refractivity contribution < 1.29 is 4.74 Å². The van der Waals surface area contributed by atoms with Gasteiger partial charge in [-0.15, -0.1) is 6.58 Å². The fourth-order valence-corrected chi connectivity index (χ4v) is 1.19. The Hall–Kier alpha value is -1.44. The van der Waals surface area contributed by atoms with E-state index in [0.717, 1.165) is 24.4 Å². The second-order valence-corrected chi connectivity index (χ2v) is 3.53. The van der Waals surface area contributed by atoms with E-state index in [1.807, 2.05) is 30.3 Å². The van der Waals surface area contributed by atoms with Gasteiger partial charge >= 0.3 is 0 Å². The smallest absolute Gasteiger partial charge is 0.121 e. The highest BCUT2D eigenvalue weighted by Gasteiger charge is 2.01. The zero-order valence-corrected chi connectivity index (χ0v) is 9.49. The first-order chi connectivity index (χ1) is 7.26. The minimum Gasteiger partial charge on any atom is -0.491 e. The highest BCUT2D eigenvalue weighted by atomic mass is 16.5. The molecule has 1 aromatic carbocycles. The third-order valence-corrected chi connectivity index (χ3v) is 2.20.